The molecule has 0 spiro atoms. The number of amides is 1. The molecule has 0 saturated heterocycles. The molecular formula is C20H23NO2. The molecule has 4 rings (SSSR count). The van der Waals surface area contributed by atoms with Crippen LogP contribution in [0.4, 0.5) is 0 Å². The third-order valence-corrected chi connectivity index (χ3v) is 5.27. The number of hydrogen-bond acceptors (Lipinski definition) is 2. The molecule has 0 radical (unpaired) electrons. The highest BCUT2D eigenvalue weighted by atomic mass is 16.3. The summed E-state index contributed by atoms with van der Waals surface area (Å²) in [6, 6.07) is 10.6. The van der Waals surface area contributed by atoms with Crippen molar-refractivity contribution in [3.8, 4) is 0 Å². The number of furan rings is 1. The molecular weight excluding hydrogens is 286 g/mol. The van der Waals surface area contributed by atoms with Crippen LogP contribution in [0.5, 0.6) is 0 Å². The quantitative estimate of drug-likeness (QED) is 0.922. The molecule has 0 bridgehead atoms. The van der Waals surface area contributed by atoms with Crippen LogP contribution in [0.15, 0.2) is 41.0 Å². The van der Waals surface area contributed by atoms with Gasteiger partial charge in [0.25, 0.3) is 0 Å². The predicted molar refractivity (Wildman–Crippen MR) is 89.2 cm³/mol. The highest BCUT2D eigenvalue weighted by Gasteiger charge is 2.46. The maximum atomic E-state index is 12.4. The minimum atomic E-state index is 0.0626. The summed E-state index contributed by atoms with van der Waals surface area (Å²) >= 11 is 0. The fourth-order valence-electron chi connectivity index (χ4n) is 3.73. The van der Waals surface area contributed by atoms with Gasteiger partial charge in [-0.3, -0.25) is 4.79 Å². The Labute approximate surface area is 137 Å². The maximum Gasteiger partial charge on any atom is 0.224 e. The van der Waals surface area contributed by atoms with Gasteiger partial charge in [0.15, 0.2) is 0 Å². The average molecular weight is 309 g/mol. The summed E-state index contributed by atoms with van der Waals surface area (Å²) in [5.41, 5.74) is 4.17. The van der Waals surface area contributed by atoms with Crippen molar-refractivity contribution in [2.24, 2.45) is 5.92 Å². The Balaban J connectivity index is 1.40. The fourth-order valence-corrected chi connectivity index (χ4v) is 3.73. The van der Waals surface area contributed by atoms with Crippen molar-refractivity contribution in [1.29, 1.82) is 0 Å². The van der Waals surface area contributed by atoms with Crippen molar-refractivity contribution in [2.45, 2.75) is 51.0 Å². The highest BCUT2D eigenvalue weighted by Crippen LogP contribution is 2.47. The van der Waals surface area contributed by atoms with Crippen molar-refractivity contribution >= 4 is 5.91 Å². The first-order valence-electron chi connectivity index (χ1n) is 8.68. The summed E-state index contributed by atoms with van der Waals surface area (Å²) in [5, 5.41) is 3.18. The first kappa shape index (κ1) is 14.6. The van der Waals surface area contributed by atoms with Gasteiger partial charge in [0.1, 0.15) is 5.76 Å². The summed E-state index contributed by atoms with van der Waals surface area (Å²) in [6.45, 7) is 2.08. The van der Waals surface area contributed by atoms with E-state index in [2.05, 4.69) is 30.4 Å². The Morgan fingerprint density at radius 3 is 2.83 bits per heavy atom. The van der Waals surface area contributed by atoms with Gasteiger partial charge in [-0.1, -0.05) is 18.2 Å². The monoisotopic (exact) mass is 309 g/mol. The van der Waals surface area contributed by atoms with E-state index in [-0.39, 0.29) is 23.8 Å². The zero-order valence-corrected chi connectivity index (χ0v) is 13.5. The normalized spacial score (nSPS) is 23.9. The van der Waals surface area contributed by atoms with E-state index in [4.69, 9.17) is 4.42 Å². The van der Waals surface area contributed by atoms with Crippen LogP contribution >= 0.6 is 0 Å². The number of fused-ring (bicyclic) bond motifs is 1. The topological polar surface area (TPSA) is 42.2 Å². The maximum absolute atomic E-state index is 12.4. The zero-order chi connectivity index (χ0) is 15.8. The molecule has 23 heavy (non-hydrogen) atoms. The van der Waals surface area contributed by atoms with Crippen LogP contribution in [-0.4, -0.2) is 5.91 Å². The van der Waals surface area contributed by atoms with Crippen molar-refractivity contribution in [1.82, 2.24) is 5.32 Å². The summed E-state index contributed by atoms with van der Waals surface area (Å²) in [4.78, 5) is 12.4. The van der Waals surface area contributed by atoms with Crippen molar-refractivity contribution < 1.29 is 9.21 Å². The van der Waals surface area contributed by atoms with Gasteiger partial charge in [0.2, 0.25) is 5.91 Å². The summed E-state index contributed by atoms with van der Waals surface area (Å²) in [7, 11) is 0. The standard InChI is InChI=1S/C20H23NO2/c1-13(15-9-8-14-5-2-3-6-16(14)11-15)21-20(22)18-12-17(18)19-7-4-10-23-19/h4,7-11,13,17-18H,2-3,5-6,12H2,1H3,(H,21,22)/t13-,17-,18+/m0/s1. The molecule has 120 valence electrons. The molecule has 2 aliphatic rings. The van der Waals surface area contributed by atoms with E-state index in [9.17, 15) is 4.79 Å². The van der Waals surface area contributed by atoms with E-state index in [1.165, 1.54) is 42.4 Å². The largest absolute Gasteiger partial charge is 0.469 e. The lowest BCUT2D eigenvalue weighted by molar-refractivity contribution is -0.123. The molecule has 2 aliphatic carbocycles. The van der Waals surface area contributed by atoms with E-state index in [0.29, 0.717) is 0 Å². The molecule has 1 N–H and O–H groups in total. The summed E-state index contributed by atoms with van der Waals surface area (Å²) in [5.74, 6) is 1.42. The second-order valence-electron chi connectivity index (χ2n) is 6.93. The Hall–Kier alpha value is -2.03. The van der Waals surface area contributed by atoms with Crippen LogP contribution in [0.2, 0.25) is 0 Å². The number of carbonyl (C=O) groups is 1. The minimum Gasteiger partial charge on any atom is -0.469 e. The molecule has 2 aromatic rings. The molecule has 1 aromatic carbocycles. The van der Waals surface area contributed by atoms with Crippen LogP contribution < -0.4 is 5.32 Å². The molecule has 3 heteroatoms. The Kier molecular flexibility index (Phi) is 3.72. The summed E-state index contributed by atoms with van der Waals surface area (Å²) in [6.07, 6.45) is 7.53. The zero-order valence-electron chi connectivity index (χ0n) is 13.5. The lowest BCUT2D eigenvalue weighted by atomic mass is 9.89. The Bertz CT molecular complexity index is 704. The second-order valence-corrected chi connectivity index (χ2v) is 6.93. The Morgan fingerprint density at radius 2 is 2.04 bits per heavy atom. The number of hydrogen-bond donors (Lipinski definition) is 1. The molecule has 1 heterocycles. The molecule has 1 saturated carbocycles. The van der Waals surface area contributed by atoms with E-state index in [1.807, 2.05) is 12.1 Å². The molecule has 1 fully saturated rings. The number of rotatable bonds is 4. The van der Waals surface area contributed by atoms with Gasteiger partial charge in [0.05, 0.1) is 12.3 Å². The van der Waals surface area contributed by atoms with Crippen LogP contribution in [0, 0.1) is 5.92 Å². The lowest BCUT2D eigenvalue weighted by Gasteiger charge is -2.20. The third kappa shape index (κ3) is 2.92. The van der Waals surface area contributed by atoms with Gasteiger partial charge in [-0.05, 0) is 67.9 Å². The van der Waals surface area contributed by atoms with Crippen molar-refractivity contribution in [3.63, 3.8) is 0 Å². The van der Waals surface area contributed by atoms with Crippen LogP contribution in [-0.2, 0) is 17.6 Å². The molecule has 1 amide bonds. The number of carbonyl (C=O) groups excluding carboxylic acids is 1. The SMILES string of the molecule is C[C@H](NC(=O)[C@@H]1C[C@@H]1c1ccco1)c1ccc2c(c1)CCCC2. The van der Waals surface area contributed by atoms with Gasteiger partial charge < -0.3 is 9.73 Å². The van der Waals surface area contributed by atoms with Crippen LogP contribution in [0.3, 0.4) is 0 Å². The van der Waals surface area contributed by atoms with Gasteiger partial charge >= 0.3 is 0 Å². The molecule has 1 aromatic heterocycles. The smallest absolute Gasteiger partial charge is 0.224 e. The second kappa shape index (κ2) is 5.88. The molecule has 0 aliphatic heterocycles. The fraction of sp³-hybridized carbons (Fsp3) is 0.450. The molecule has 3 atom stereocenters. The average Bonchev–Trinajstić information content (AvgIpc) is 3.20. The predicted octanol–water partition coefficient (Wildman–Crippen LogP) is 4.14. The number of nitrogens with one attached hydrogen (secondary N) is 1. The van der Waals surface area contributed by atoms with E-state index >= 15 is 0 Å². The lowest BCUT2D eigenvalue weighted by Crippen LogP contribution is -2.28. The summed E-state index contributed by atoms with van der Waals surface area (Å²) < 4.78 is 5.41. The minimum absolute atomic E-state index is 0.0626. The Morgan fingerprint density at radius 1 is 1.22 bits per heavy atom. The van der Waals surface area contributed by atoms with Gasteiger partial charge in [-0.2, -0.15) is 0 Å². The van der Waals surface area contributed by atoms with Gasteiger partial charge in [0, 0.05) is 11.8 Å². The third-order valence-electron chi connectivity index (χ3n) is 5.27. The van der Waals surface area contributed by atoms with Gasteiger partial charge in [-0.25, -0.2) is 0 Å². The first-order chi connectivity index (χ1) is 11.2. The highest BCUT2D eigenvalue weighted by molar-refractivity contribution is 5.83. The van der Waals surface area contributed by atoms with Crippen molar-refractivity contribution in [3.05, 3.63) is 59.0 Å². The van der Waals surface area contributed by atoms with Crippen LogP contribution in [0.25, 0.3) is 0 Å². The molecule has 3 nitrogen and oxygen atoms in total. The van der Waals surface area contributed by atoms with E-state index in [0.717, 1.165) is 12.2 Å². The van der Waals surface area contributed by atoms with E-state index < -0.39 is 0 Å². The van der Waals surface area contributed by atoms with Crippen molar-refractivity contribution in [2.75, 3.05) is 0 Å². The van der Waals surface area contributed by atoms with Crippen LogP contribution in [0.1, 0.15) is 60.6 Å². The first-order valence-corrected chi connectivity index (χ1v) is 8.68. The molecule has 0 unspecified atom stereocenters. The van der Waals surface area contributed by atoms with Gasteiger partial charge in [-0.15, -0.1) is 0 Å². The number of aryl methyl sites for hydroxylation is 2. The van der Waals surface area contributed by atoms with E-state index in [1.54, 1.807) is 6.26 Å². The number of benzene rings is 1.